The molecule has 2 aliphatic rings. The first-order valence-corrected chi connectivity index (χ1v) is 8.96. The van der Waals surface area contributed by atoms with Gasteiger partial charge in [-0.3, -0.25) is 4.79 Å². The number of nitrogens with zero attached hydrogens (tertiary/aromatic N) is 2. The Kier molecular flexibility index (Phi) is 4.00. The molecule has 5 nitrogen and oxygen atoms in total. The molecule has 3 N–H and O–H groups in total. The molecule has 1 unspecified atom stereocenters. The number of carbonyl (C=O) groups is 1. The van der Waals surface area contributed by atoms with Crippen molar-refractivity contribution >= 4 is 39.7 Å². The van der Waals surface area contributed by atoms with Gasteiger partial charge < -0.3 is 16.0 Å². The van der Waals surface area contributed by atoms with Crippen LogP contribution in [0.3, 0.4) is 0 Å². The fourth-order valence-corrected chi connectivity index (χ4v) is 4.54. The van der Waals surface area contributed by atoms with Crippen molar-refractivity contribution in [1.29, 1.82) is 5.26 Å². The summed E-state index contributed by atoms with van der Waals surface area (Å²) in [5, 5.41) is 13.7. The summed E-state index contributed by atoms with van der Waals surface area (Å²) in [6.45, 7) is 3.97. The van der Waals surface area contributed by atoms with E-state index < -0.39 is 0 Å². The number of nitriles is 1. The lowest BCUT2D eigenvalue weighted by Crippen LogP contribution is -2.36. The molecule has 21 heavy (non-hydrogen) atoms. The highest BCUT2D eigenvalue weighted by molar-refractivity contribution is 8.00. The first kappa shape index (κ1) is 14.5. The number of hydrogen-bond donors (Lipinski definition) is 2. The molecule has 1 aliphatic carbocycles. The van der Waals surface area contributed by atoms with Crippen LogP contribution in [0, 0.1) is 11.3 Å². The Morgan fingerprint density at radius 2 is 2.29 bits per heavy atom. The summed E-state index contributed by atoms with van der Waals surface area (Å²) in [6, 6.07) is 2.47. The molecular formula is C14H18N4OS2. The summed E-state index contributed by atoms with van der Waals surface area (Å²) in [5.74, 6) is 0.898. The van der Waals surface area contributed by atoms with Crippen LogP contribution in [0.25, 0.3) is 0 Å². The summed E-state index contributed by atoms with van der Waals surface area (Å²) in [7, 11) is 0. The zero-order valence-electron chi connectivity index (χ0n) is 11.9. The van der Waals surface area contributed by atoms with E-state index >= 15 is 0 Å². The molecule has 1 aromatic rings. The van der Waals surface area contributed by atoms with Crippen LogP contribution in [0.2, 0.25) is 0 Å². The number of carbonyl (C=O) groups excluding carboxylic acids is 1. The molecule has 1 saturated carbocycles. The molecule has 1 atom stereocenters. The maximum absolute atomic E-state index is 12.2. The van der Waals surface area contributed by atoms with Gasteiger partial charge in [-0.2, -0.15) is 17.0 Å². The average Bonchev–Trinajstić information content (AvgIpc) is 3.20. The molecule has 2 heterocycles. The topological polar surface area (TPSA) is 82.2 Å². The maximum atomic E-state index is 12.2. The van der Waals surface area contributed by atoms with Crippen molar-refractivity contribution in [3.63, 3.8) is 0 Å². The van der Waals surface area contributed by atoms with E-state index in [2.05, 4.69) is 23.2 Å². The number of nitrogens with two attached hydrogens (primary N) is 1. The third-order valence-electron chi connectivity index (χ3n) is 3.69. The van der Waals surface area contributed by atoms with Gasteiger partial charge in [-0.1, -0.05) is 6.92 Å². The maximum Gasteiger partial charge on any atom is 0.263 e. The molecule has 3 rings (SSSR count). The zero-order valence-corrected chi connectivity index (χ0v) is 13.5. The average molecular weight is 322 g/mol. The third-order valence-corrected chi connectivity index (χ3v) is 6.09. The number of hydrogen-bond acceptors (Lipinski definition) is 6. The number of thioether (sulfide) groups is 1. The van der Waals surface area contributed by atoms with E-state index in [1.165, 1.54) is 11.3 Å². The Bertz CT molecular complexity index is 603. The van der Waals surface area contributed by atoms with Crippen LogP contribution >= 0.6 is 23.1 Å². The predicted molar refractivity (Wildman–Crippen MR) is 88.1 cm³/mol. The Hall–Kier alpha value is -1.39. The molecule has 112 valence electrons. The molecule has 7 heteroatoms. The second-order valence-electron chi connectivity index (χ2n) is 5.51. The number of anilines is 2. The molecular weight excluding hydrogens is 304 g/mol. The van der Waals surface area contributed by atoms with Gasteiger partial charge in [-0.25, -0.2) is 0 Å². The molecule has 1 aliphatic heterocycles. The minimum Gasteiger partial charge on any atom is -0.396 e. The standard InChI is InChI=1S/C14H18N4OS2/c1-8-7-18(4-5-20-8)14-10(6-15)11(16)12(21-14)13(19)17-9-2-3-9/h8-9H,2-5,7,16H2,1H3,(H,17,19). The van der Waals surface area contributed by atoms with E-state index in [1.807, 2.05) is 11.8 Å². The Morgan fingerprint density at radius 3 is 2.90 bits per heavy atom. The van der Waals surface area contributed by atoms with Crippen LogP contribution in [0.1, 0.15) is 35.0 Å². The van der Waals surface area contributed by atoms with Crippen molar-refractivity contribution in [2.75, 3.05) is 29.5 Å². The number of nitrogens with one attached hydrogen (secondary N) is 1. The molecule has 1 amide bonds. The highest BCUT2D eigenvalue weighted by atomic mass is 32.2. The fourth-order valence-electron chi connectivity index (χ4n) is 2.41. The van der Waals surface area contributed by atoms with Crippen LogP contribution in [0.4, 0.5) is 10.7 Å². The van der Waals surface area contributed by atoms with Crippen LogP contribution in [-0.2, 0) is 0 Å². The number of rotatable bonds is 3. The van der Waals surface area contributed by atoms with Gasteiger partial charge in [-0.05, 0) is 12.8 Å². The van der Waals surface area contributed by atoms with Crippen molar-refractivity contribution < 1.29 is 4.79 Å². The largest absolute Gasteiger partial charge is 0.396 e. The van der Waals surface area contributed by atoms with E-state index in [-0.39, 0.29) is 5.91 Å². The Morgan fingerprint density at radius 1 is 1.52 bits per heavy atom. The summed E-state index contributed by atoms with van der Waals surface area (Å²) in [6.07, 6.45) is 2.08. The van der Waals surface area contributed by atoms with Crippen molar-refractivity contribution in [2.24, 2.45) is 0 Å². The summed E-state index contributed by atoms with van der Waals surface area (Å²) in [5.41, 5.74) is 6.84. The smallest absolute Gasteiger partial charge is 0.263 e. The van der Waals surface area contributed by atoms with Gasteiger partial charge in [0.05, 0.1) is 5.69 Å². The summed E-state index contributed by atoms with van der Waals surface area (Å²) in [4.78, 5) is 14.9. The lowest BCUT2D eigenvalue weighted by Gasteiger charge is -2.31. The SMILES string of the molecule is CC1CN(c2sc(C(=O)NC3CC3)c(N)c2C#N)CCS1. The normalized spacial score (nSPS) is 21.9. The fraction of sp³-hybridized carbons (Fsp3) is 0.571. The second-order valence-corrected chi connectivity index (χ2v) is 8.06. The quantitative estimate of drug-likeness (QED) is 0.890. The zero-order chi connectivity index (χ0) is 15.0. The van der Waals surface area contributed by atoms with Gasteiger partial charge in [0.2, 0.25) is 0 Å². The van der Waals surface area contributed by atoms with Gasteiger partial charge in [0, 0.05) is 30.1 Å². The van der Waals surface area contributed by atoms with Crippen molar-refractivity contribution in [3.05, 3.63) is 10.4 Å². The first-order chi connectivity index (χ1) is 10.1. The van der Waals surface area contributed by atoms with Crippen molar-refractivity contribution in [1.82, 2.24) is 5.32 Å². The van der Waals surface area contributed by atoms with Gasteiger partial charge in [0.25, 0.3) is 5.91 Å². The molecule has 0 radical (unpaired) electrons. The van der Waals surface area contributed by atoms with Crippen molar-refractivity contribution in [2.45, 2.75) is 31.1 Å². The molecule has 1 saturated heterocycles. The van der Waals surface area contributed by atoms with E-state index in [1.54, 1.807) is 0 Å². The lowest BCUT2D eigenvalue weighted by molar-refractivity contribution is 0.0956. The van der Waals surface area contributed by atoms with E-state index in [0.29, 0.717) is 27.4 Å². The molecule has 0 aromatic carbocycles. The number of thiophene rings is 1. The van der Waals surface area contributed by atoms with Crippen LogP contribution in [0.15, 0.2) is 0 Å². The molecule has 0 spiro atoms. The van der Waals surface area contributed by atoms with Crippen LogP contribution < -0.4 is 16.0 Å². The minimum atomic E-state index is -0.137. The van der Waals surface area contributed by atoms with Crippen LogP contribution in [0.5, 0.6) is 0 Å². The van der Waals surface area contributed by atoms with Gasteiger partial charge in [0.15, 0.2) is 0 Å². The summed E-state index contributed by atoms with van der Waals surface area (Å²) >= 11 is 3.29. The first-order valence-electron chi connectivity index (χ1n) is 7.10. The molecule has 1 aromatic heterocycles. The van der Waals surface area contributed by atoms with E-state index in [4.69, 9.17) is 5.73 Å². The van der Waals surface area contributed by atoms with E-state index in [0.717, 1.165) is 36.7 Å². The van der Waals surface area contributed by atoms with Gasteiger partial charge in [0.1, 0.15) is 21.5 Å². The summed E-state index contributed by atoms with van der Waals surface area (Å²) < 4.78 is 0. The second kappa shape index (κ2) is 5.78. The van der Waals surface area contributed by atoms with Gasteiger partial charge >= 0.3 is 0 Å². The molecule has 0 bridgehead atoms. The number of nitrogen functional groups attached to an aromatic ring is 1. The predicted octanol–water partition coefficient (Wildman–Crippen LogP) is 2.04. The monoisotopic (exact) mass is 322 g/mol. The third kappa shape index (κ3) is 2.97. The highest BCUT2D eigenvalue weighted by Gasteiger charge is 2.30. The Balaban J connectivity index is 1.89. The van der Waals surface area contributed by atoms with E-state index in [9.17, 15) is 10.1 Å². The lowest BCUT2D eigenvalue weighted by atomic mass is 10.2. The highest BCUT2D eigenvalue weighted by Crippen LogP contribution is 2.39. The van der Waals surface area contributed by atoms with Gasteiger partial charge in [-0.15, -0.1) is 11.3 Å². The molecule has 2 fully saturated rings. The Labute approximate surface area is 132 Å². The minimum absolute atomic E-state index is 0.137. The number of amides is 1. The van der Waals surface area contributed by atoms with Crippen molar-refractivity contribution in [3.8, 4) is 6.07 Å². The van der Waals surface area contributed by atoms with Crippen LogP contribution in [-0.4, -0.2) is 36.0 Å².